The molecule has 1 aliphatic heterocycles. The van der Waals surface area contributed by atoms with Crippen LogP contribution in [-0.2, 0) is 6.42 Å². The van der Waals surface area contributed by atoms with E-state index in [9.17, 15) is 4.39 Å². The molecule has 0 bridgehead atoms. The first-order valence-electron chi connectivity index (χ1n) is 11.0. The molecule has 32 heavy (non-hydrogen) atoms. The predicted octanol–water partition coefficient (Wildman–Crippen LogP) is 6.97. The second kappa shape index (κ2) is 9.64. The monoisotopic (exact) mass is 502 g/mol. The van der Waals surface area contributed by atoms with Crippen molar-refractivity contribution in [1.82, 2.24) is 0 Å². The van der Waals surface area contributed by atoms with Crippen molar-refractivity contribution in [2.75, 3.05) is 5.75 Å². The van der Waals surface area contributed by atoms with E-state index in [1.165, 1.54) is 32.7 Å². The Morgan fingerprint density at radius 3 is 2.72 bits per heavy atom. The van der Waals surface area contributed by atoms with Crippen molar-refractivity contribution < 1.29 is 4.39 Å². The second-order valence-electron chi connectivity index (χ2n) is 8.18. The molecule has 0 saturated carbocycles. The molecule has 4 aliphatic rings. The molecule has 0 nitrogen and oxygen atoms in total. The van der Waals surface area contributed by atoms with Gasteiger partial charge in [0, 0.05) is 11.7 Å². The van der Waals surface area contributed by atoms with Crippen LogP contribution in [0.4, 0.5) is 4.39 Å². The standard InChI is InChI=1S/C24H18BrF.C5H6S/c25-22-14-17(10-13-23(22)26)19-7-3-5-16-9-11-20-18-6-2-1-4-15(18)8-12-21(20)24(16)19;1-2-4-6-5-3-1/h1,3-5,7-8,10-14,19H,2,6,9H2;1-4H,5H2. The SMILES string of the molecule is C1=CCSC=C1.Fc1ccc(C2C=CC=C3CC=c4c5c(ccc4=C32)C=CCC5)cc1Br. The Morgan fingerprint density at radius 2 is 1.97 bits per heavy atom. The van der Waals surface area contributed by atoms with Gasteiger partial charge >= 0.3 is 0 Å². The fourth-order valence-corrected chi connectivity index (χ4v) is 5.68. The van der Waals surface area contributed by atoms with Gasteiger partial charge in [-0.15, -0.1) is 11.8 Å². The first-order valence-corrected chi connectivity index (χ1v) is 12.9. The van der Waals surface area contributed by atoms with E-state index in [4.69, 9.17) is 0 Å². The summed E-state index contributed by atoms with van der Waals surface area (Å²) in [4.78, 5) is 0. The van der Waals surface area contributed by atoms with Gasteiger partial charge in [0.05, 0.1) is 4.47 Å². The van der Waals surface area contributed by atoms with E-state index in [0.29, 0.717) is 4.47 Å². The fraction of sp³-hybridized carbons (Fsp3) is 0.172. The number of hydrogen-bond acceptors (Lipinski definition) is 1. The molecule has 0 aromatic heterocycles. The summed E-state index contributed by atoms with van der Waals surface area (Å²) >= 11 is 5.17. The lowest BCUT2D eigenvalue weighted by Crippen LogP contribution is -2.36. The molecule has 2 aromatic carbocycles. The lowest BCUT2D eigenvalue weighted by atomic mass is 9.77. The number of halogens is 2. The van der Waals surface area contributed by atoms with Gasteiger partial charge in [-0.2, -0.15) is 0 Å². The Morgan fingerprint density at radius 1 is 1.03 bits per heavy atom. The molecular weight excluding hydrogens is 479 g/mol. The van der Waals surface area contributed by atoms with Crippen LogP contribution < -0.4 is 10.4 Å². The van der Waals surface area contributed by atoms with Gasteiger partial charge in [0.1, 0.15) is 5.82 Å². The molecule has 1 unspecified atom stereocenters. The number of allylic oxidation sites excluding steroid dienone is 7. The number of rotatable bonds is 1. The zero-order chi connectivity index (χ0) is 21.9. The number of hydrogen-bond donors (Lipinski definition) is 0. The van der Waals surface area contributed by atoms with Crippen LogP contribution >= 0.6 is 27.7 Å². The zero-order valence-electron chi connectivity index (χ0n) is 17.7. The van der Waals surface area contributed by atoms with Gasteiger partial charge in [0.2, 0.25) is 0 Å². The Bertz CT molecular complexity index is 1310. The summed E-state index contributed by atoms with van der Waals surface area (Å²) in [6, 6.07) is 9.90. The molecule has 0 amide bonds. The van der Waals surface area contributed by atoms with Crippen LogP contribution in [0, 0.1) is 5.82 Å². The first-order chi connectivity index (χ1) is 15.7. The number of benzene rings is 2. The molecule has 160 valence electrons. The summed E-state index contributed by atoms with van der Waals surface area (Å²) in [6.07, 6.45) is 22.9. The molecule has 6 rings (SSSR count). The van der Waals surface area contributed by atoms with E-state index in [1.807, 2.05) is 30.0 Å². The van der Waals surface area contributed by atoms with E-state index in [2.05, 4.69) is 82.1 Å². The topological polar surface area (TPSA) is 0 Å². The van der Waals surface area contributed by atoms with Gasteiger partial charge < -0.3 is 0 Å². The second-order valence-corrected chi connectivity index (χ2v) is 9.97. The lowest BCUT2D eigenvalue weighted by molar-refractivity contribution is 0.620. The minimum absolute atomic E-state index is 0.163. The Kier molecular flexibility index (Phi) is 6.47. The number of fused-ring (bicyclic) bond motifs is 4. The van der Waals surface area contributed by atoms with Gasteiger partial charge in [-0.1, -0.05) is 72.9 Å². The highest BCUT2D eigenvalue weighted by Gasteiger charge is 2.24. The van der Waals surface area contributed by atoms with Crippen LogP contribution in [-0.4, -0.2) is 5.75 Å². The van der Waals surface area contributed by atoms with Crippen molar-refractivity contribution in [1.29, 1.82) is 0 Å². The Labute approximate surface area is 201 Å². The van der Waals surface area contributed by atoms with Crippen LogP contribution in [0.2, 0.25) is 0 Å². The molecule has 0 saturated heterocycles. The van der Waals surface area contributed by atoms with Crippen LogP contribution in [0.3, 0.4) is 0 Å². The van der Waals surface area contributed by atoms with Gasteiger partial charge in [-0.25, -0.2) is 4.39 Å². The molecule has 2 aromatic rings. The largest absolute Gasteiger partial charge is 0.206 e. The highest BCUT2D eigenvalue weighted by atomic mass is 79.9. The minimum atomic E-state index is -0.215. The third kappa shape index (κ3) is 4.29. The maximum absolute atomic E-state index is 13.7. The summed E-state index contributed by atoms with van der Waals surface area (Å²) in [5.74, 6) is 1.10. The summed E-state index contributed by atoms with van der Waals surface area (Å²) < 4.78 is 14.3. The average molecular weight is 503 g/mol. The lowest BCUT2D eigenvalue weighted by Gasteiger charge is -2.27. The third-order valence-corrected chi connectivity index (χ3v) is 7.59. The van der Waals surface area contributed by atoms with Gasteiger partial charge in [-0.3, -0.25) is 0 Å². The van der Waals surface area contributed by atoms with Crippen molar-refractivity contribution in [3.8, 4) is 0 Å². The molecule has 3 aliphatic carbocycles. The van der Waals surface area contributed by atoms with Crippen molar-refractivity contribution in [2.45, 2.75) is 25.2 Å². The summed E-state index contributed by atoms with van der Waals surface area (Å²) in [6.45, 7) is 0. The van der Waals surface area contributed by atoms with Crippen LogP contribution in [0.5, 0.6) is 0 Å². The minimum Gasteiger partial charge on any atom is -0.206 e. The third-order valence-electron chi connectivity index (χ3n) is 6.24. The predicted molar refractivity (Wildman–Crippen MR) is 140 cm³/mol. The Hall–Kier alpha value is -2.36. The van der Waals surface area contributed by atoms with E-state index < -0.39 is 0 Å². The van der Waals surface area contributed by atoms with Crippen LogP contribution in [0.15, 0.2) is 88.3 Å². The van der Waals surface area contributed by atoms with E-state index in [0.717, 1.165) is 30.6 Å². The maximum atomic E-state index is 13.7. The number of thioether (sulfide) groups is 1. The van der Waals surface area contributed by atoms with E-state index in [-0.39, 0.29) is 11.7 Å². The normalized spacial score (nSPS) is 19.8. The molecule has 1 heterocycles. The highest BCUT2D eigenvalue weighted by molar-refractivity contribution is 9.10. The molecule has 1 atom stereocenters. The molecule has 0 spiro atoms. The van der Waals surface area contributed by atoms with Crippen LogP contribution in [0.1, 0.15) is 35.4 Å². The summed E-state index contributed by atoms with van der Waals surface area (Å²) in [7, 11) is 0. The van der Waals surface area contributed by atoms with Crippen molar-refractivity contribution in [2.24, 2.45) is 0 Å². The van der Waals surface area contributed by atoms with E-state index in [1.54, 1.807) is 6.07 Å². The Balaban J connectivity index is 0.000000314. The average Bonchev–Trinajstić information content (AvgIpc) is 2.86. The van der Waals surface area contributed by atoms with Gasteiger partial charge in [-0.05, 0) is 91.0 Å². The van der Waals surface area contributed by atoms with Crippen LogP contribution in [0.25, 0.3) is 17.7 Å². The fourth-order valence-electron chi connectivity index (χ4n) is 4.75. The van der Waals surface area contributed by atoms with Gasteiger partial charge in [0.15, 0.2) is 0 Å². The molecule has 0 fully saturated rings. The first kappa shape index (κ1) is 21.5. The van der Waals surface area contributed by atoms with Crippen molar-refractivity contribution >= 4 is 45.4 Å². The summed E-state index contributed by atoms with van der Waals surface area (Å²) in [5.41, 5.74) is 6.70. The maximum Gasteiger partial charge on any atom is 0.137 e. The molecule has 0 N–H and O–H groups in total. The molecule has 3 heteroatoms. The van der Waals surface area contributed by atoms with Crippen molar-refractivity contribution in [3.63, 3.8) is 0 Å². The molecular formula is C29H24BrFS. The zero-order valence-corrected chi connectivity index (χ0v) is 20.1. The van der Waals surface area contributed by atoms with Gasteiger partial charge in [0.25, 0.3) is 0 Å². The van der Waals surface area contributed by atoms with E-state index >= 15 is 0 Å². The molecule has 0 radical (unpaired) electrons. The quantitative estimate of drug-likeness (QED) is 0.405. The summed E-state index contributed by atoms with van der Waals surface area (Å²) in [5, 5.41) is 4.84. The van der Waals surface area contributed by atoms with Crippen molar-refractivity contribution in [3.05, 3.63) is 121 Å². The highest BCUT2D eigenvalue weighted by Crippen LogP contribution is 2.38. The smallest absolute Gasteiger partial charge is 0.137 e.